The molecule has 0 unspecified atom stereocenters. The van der Waals surface area contributed by atoms with Crippen molar-refractivity contribution in [3.8, 4) is 0 Å². The van der Waals surface area contributed by atoms with E-state index >= 15 is 0 Å². The number of rotatable bonds is 2. The Labute approximate surface area is 137 Å². The number of hydrogen-bond acceptors (Lipinski definition) is 3. The summed E-state index contributed by atoms with van der Waals surface area (Å²) in [4.78, 5) is 25.2. The van der Waals surface area contributed by atoms with Crippen LogP contribution in [0, 0.1) is 23.7 Å². The van der Waals surface area contributed by atoms with Gasteiger partial charge in [0.05, 0.1) is 18.1 Å². The van der Waals surface area contributed by atoms with Gasteiger partial charge in [0.15, 0.2) is 0 Å². The average Bonchev–Trinajstić information content (AvgIpc) is 2.80. The number of fused-ring (bicyclic) bond motifs is 1. The van der Waals surface area contributed by atoms with E-state index in [2.05, 4.69) is 33.2 Å². The van der Waals surface area contributed by atoms with Crippen LogP contribution in [-0.4, -0.2) is 23.0 Å². The predicted molar refractivity (Wildman–Crippen MR) is 85.9 cm³/mol. The van der Waals surface area contributed by atoms with Gasteiger partial charge in [0.25, 0.3) is 11.8 Å². The molecule has 0 aromatic heterocycles. The quantitative estimate of drug-likeness (QED) is 0.463. The Hall–Kier alpha value is -1.75. The molecular weight excluding hydrogens is 344 g/mol. The van der Waals surface area contributed by atoms with E-state index in [0.717, 1.165) is 27.9 Å². The van der Waals surface area contributed by atoms with Gasteiger partial charge in [-0.05, 0) is 42.4 Å². The van der Waals surface area contributed by atoms with Crippen LogP contribution in [0.25, 0.3) is 0 Å². The third-order valence-corrected chi connectivity index (χ3v) is 5.40. The van der Waals surface area contributed by atoms with Crippen LogP contribution in [0.2, 0.25) is 0 Å². The van der Waals surface area contributed by atoms with Gasteiger partial charge < -0.3 is 0 Å². The second-order valence-electron chi connectivity index (χ2n) is 6.13. The predicted octanol–water partition coefficient (Wildman–Crippen LogP) is 2.98. The Morgan fingerprint density at radius 3 is 2.27 bits per heavy atom. The molecule has 2 bridgehead atoms. The second-order valence-corrected chi connectivity index (χ2v) is 7.05. The zero-order valence-corrected chi connectivity index (χ0v) is 13.4. The van der Waals surface area contributed by atoms with Gasteiger partial charge in [-0.25, -0.2) is 0 Å². The van der Waals surface area contributed by atoms with Crippen molar-refractivity contribution in [3.63, 3.8) is 0 Å². The lowest BCUT2D eigenvalue weighted by atomic mass is 9.63. The maximum atomic E-state index is 12.6. The zero-order chi connectivity index (χ0) is 15.3. The number of hydrogen-bond donors (Lipinski definition) is 0. The topological polar surface area (TPSA) is 49.7 Å². The van der Waals surface area contributed by atoms with Crippen LogP contribution in [0.5, 0.6) is 0 Å². The van der Waals surface area contributed by atoms with Crippen molar-refractivity contribution in [2.45, 2.75) is 12.8 Å². The molecule has 1 aromatic rings. The van der Waals surface area contributed by atoms with E-state index in [1.165, 1.54) is 0 Å². The smallest absolute Gasteiger partial charge is 0.254 e. The summed E-state index contributed by atoms with van der Waals surface area (Å²) in [5.41, 5.74) is 0.853. The van der Waals surface area contributed by atoms with Crippen LogP contribution in [0.15, 0.2) is 46.0 Å². The van der Waals surface area contributed by atoms with Gasteiger partial charge in [0.1, 0.15) is 0 Å². The number of nitrogens with zero attached hydrogens (tertiary/aromatic N) is 2. The maximum Gasteiger partial charge on any atom is 0.254 e. The van der Waals surface area contributed by atoms with Crippen molar-refractivity contribution in [1.82, 2.24) is 5.01 Å². The van der Waals surface area contributed by atoms with E-state index in [-0.39, 0.29) is 35.5 Å². The largest absolute Gasteiger partial charge is 0.272 e. The molecule has 3 aliphatic carbocycles. The molecule has 4 atom stereocenters. The number of imide groups is 1. The third-order valence-electron chi connectivity index (χ3n) is 4.91. The van der Waals surface area contributed by atoms with Crippen LogP contribution in [0.4, 0.5) is 0 Å². The molecule has 1 heterocycles. The first-order valence-electron chi connectivity index (χ1n) is 7.51. The summed E-state index contributed by atoms with van der Waals surface area (Å²) in [6, 6.07) is 7.59. The molecule has 1 aliphatic heterocycles. The lowest BCUT2D eigenvalue weighted by Crippen LogP contribution is -2.38. The standard InChI is InChI=1S/C17H15BrN2O2/c18-13-3-1-2-10(8-13)9-19-20-16(21)14-11-4-5-12(7-6-11)15(14)17(20)22/h1-5,8-9,11-12,14-15H,6-7H2/b19-9-/t11-,12+,14-,15+. The number of hydrazone groups is 1. The highest BCUT2D eigenvalue weighted by atomic mass is 79.9. The monoisotopic (exact) mass is 358 g/mol. The second kappa shape index (κ2) is 5.16. The molecular formula is C17H15BrN2O2. The van der Waals surface area contributed by atoms with E-state index in [1.54, 1.807) is 6.21 Å². The fraction of sp³-hybridized carbons (Fsp3) is 0.353. The van der Waals surface area contributed by atoms with Gasteiger partial charge in [-0.1, -0.05) is 40.2 Å². The molecule has 0 spiro atoms. The van der Waals surface area contributed by atoms with Gasteiger partial charge in [-0.15, -0.1) is 0 Å². The Kier molecular flexibility index (Phi) is 3.26. The molecule has 112 valence electrons. The van der Waals surface area contributed by atoms with Crippen LogP contribution in [-0.2, 0) is 9.59 Å². The first kappa shape index (κ1) is 13.9. The third kappa shape index (κ3) is 2.07. The van der Waals surface area contributed by atoms with Gasteiger partial charge in [-0.2, -0.15) is 10.1 Å². The van der Waals surface area contributed by atoms with Crippen LogP contribution in [0.3, 0.4) is 0 Å². The molecule has 22 heavy (non-hydrogen) atoms. The summed E-state index contributed by atoms with van der Waals surface area (Å²) in [5.74, 6) is -0.262. The highest BCUT2D eigenvalue weighted by molar-refractivity contribution is 9.10. The Morgan fingerprint density at radius 1 is 1.09 bits per heavy atom. The van der Waals surface area contributed by atoms with E-state index in [9.17, 15) is 9.59 Å². The van der Waals surface area contributed by atoms with Crippen molar-refractivity contribution in [2.24, 2.45) is 28.8 Å². The fourth-order valence-corrected chi connectivity index (χ4v) is 4.30. The summed E-state index contributed by atoms with van der Waals surface area (Å²) >= 11 is 3.40. The Balaban J connectivity index is 1.61. The normalized spacial score (nSPS) is 33.0. The first-order chi connectivity index (χ1) is 10.6. The Bertz CT molecular complexity index is 680. The van der Waals surface area contributed by atoms with Gasteiger partial charge >= 0.3 is 0 Å². The van der Waals surface area contributed by atoms with Gasteiger partial charge in [0, 0.05) is 4.47 Å². The van der Waals surface area contributed by atoms with Crippen LogP contribution in [0.1, 0.15) is 18.4 Å². The summed E-state index contributed by atoms with van der Waals surface area (Å²) in [6.07, 6.45) is 7.81. The molecule has 0 N–H and O–H groups in total. The number of benzene rings is 1. The van der Waals surface area contributed by atoms with E-state index < -0.39 is 0 Å². The molecule has 4 aliphatic rings. The van der Waals surface area contributed by atoms with Crippen molar-refractivity contribution in [1.29, 1.82) is 0 Å². The molecule has 0 radical (unpaired) electrons. The average molecular weight is 359 g/mol. The molecule has 1 saturated carbocycles. The molecule has 1 saturated heterocycles. The Morgan fingerprint density at radius 2 is 1.73 bits per heavy atom. The molecule has 1 aromatic carbocycles. The molecule has 2 amide bonds. The van der Waals surface area contributed by atoms with Crippen molar-refractivity contribution in [2.75, 3.05) is 0 Å². The lowest BCUT2D eigenvalue weighted by Gasteiger charge is -2.37. The van der Waals surface area contributed by atoms with E-state index in [1.807, 2.05) is 24.3 Å². The van der Waals surface area contributed by atoms with Gasteiger partial charge in [0.2, 0.25) is 0 Å². The number of allylic oxidation sites excluding steroid dienone is 2. The molecule has 5 rings (SSSR count). The number of amides is 2. The van der Waals surface area contributed by atoms with Crippen LogP contribution >= 0.6 is 15.9 Å². The van der Waals surface area contributed by atoms with Crippen molar-refractivity contribution in [3.05, 3.63) is 46.5 Å². The lowest BCUT2D eigenvalue weighted by molar-refractivity contribution is -0.140. The SMILES string of the molecule is O=C1[C@@H]2[C@H](C(=O)N1/N=C\c1cccc(Br)c1)[C@@H]1C=C[C@H]2CC1. The minimum atomic E-state index is -0.198. The van der Waals surface area contributed by atoms with E-state index in [4.69, 9.17) is 0 Å². The van der Waals surface area contributed by atoms with Crippen molar-refractivity contribution >= 4 is 34.0 Å². The highest BCUT2D eigenvalue weighted by Gasteiger charge is 2.56. The zero-order valence-electron chi connectivity index (χ0n) is 11.9. The maximum absolute atomic E-state index is 12.6. The number of halogens is 1. The van der Waals surface area contributed by atoms with E-state index in [0.29, 0.717) is 0 Å². The minimum absolute atomic E-state index is 0.139. The fourth-order valence-electron chi connectivity index (χ4n) is 3.88. The van der Waals surface area contributed by atoms with Crippen LogP contribution < -0.4 is 0 Å². The van der Waals surface area contributed by atoms with Crippen molar-refractivity contribution < 1.29 is 9.59 Å². The highest BCUT2D eigenvalue weighted by Crippen LogP contribution is 2.49. The molecule has 2 fully saturated rings. The molecule has 5 heteroatoms. The first-order valence-corrected chi connectivity index (χ1v) is 8.30. The number of carbonyl (C=O) groups excluding carboxylic acids is 2. The summed E-state index contributed by atoms with van der Waals surface area (Å²) < 4.78 is 0.937. The summed E-state index contributed by atoms with van der Waals surface area (Å²) in [7, 11) is 0. The minimum Gasteiger partial charge on any atom is -0.272 e. The number of carbonyl (C=O) groups is 2. The summed E-state index contributed by atoms with van der Waals surface area (Å²) in [5, 5.41) is 5.27. The summed E-state index contributed by atoms with van der Waals surface area (Å²) in [6.45, 7) is 0. The molecule has 4 nitrogen and oxygen atoms in total. The van der Waals surface area contributed by atoms with Gasteiger partial charge in [-0.3, -0.25) is 9.59 Å².